The average Bonchev–Trinajstić information content (AvgIpc) is 3.65. The summed E-state index contributed by atoms with van der Waals surface area (Å²) < 4.78 is 10.6. The minimum absolute atomic E-state index is 0. The normalized spacial score (nSPS) is 9.10. The van der Waals surface area contributed by atoms with Crippen LogP contribution in [0.3, 0.4) is 0 Å². The molecule has 17 heteroatoms. The quantitative estimate of drug-likeness (QED) is 0.0455. The molecule has 0 unspecified atom stereocenters. The number of rotatable bonds is 4. The molecule has 5 aromatic rings. The van der Waals surface area contributed by atoms with Crippen molar-refractivity contribution < 1.29 is 48.7 Å². The molecule has 0 spiro atoms. The first kappa shape index (κ1) is 35.0. The van der Waals surface area contributed by atoms with Crippen LogP contribution in [0, 0.1) is 12.3 Å². The summed E-state index contributed by atoms with van der Waals surface area (Å²) in [5.41, 5.74) is 8.23. The van der Waals surface area contributed by atoms with E-state index in [0.717, 1.165) is 11.1 Å². The van der Waals surface area contributed by atoms with Crippen LogP contribution >= 0.6 is 12.4 Å². The summed E-state index contributed by atoms with van der Waals surface area (Å²) >= 11 is 0. The molecule has 200 valence electrons. The number of nitrogen functional groups attached to an aromatic ring is 1. The van der Waals surface area contributed by atoms with E-state index in [9.17, 15) is 4.79 Å². The number of halogens is 1. The molecular weight excluding hydrogens is 541 g/mol. The van der Waals surface area contributed by atoms with Crippen LogP contribution in [0.1, 0.15) is 23.4 Å². The third kappa shape index (κ3) is 10.7. The number of aromatic amines is 1. The van der Waals surface area contributed by atoms with Crippen LogP contribution in [-0.4, -0.2) is 52.8 Å². The second kappa shape index (κ2) is 17.5. The Hall–Kier alpha value is -3.99. The molecular formula is C22H25ClN11NaO4. The molecule has 39 heavy (non-hydrogen) atoms. The molecule has 0 atom stereocenters. The van der Waals surface area contributed by atoms with Crippen molar-refractivity contribution in [3.8, 4) is 34.6 Å². The van der Waals surface area contributed by atoms with Gasteiger partial charge in [-0.2, -0.15) is 0 Å². The molecule has 0 saturated carbocycles. The van der Waals surface area contributed by atoms with Gasteiger partial charge in [-0.25, -0.2) is 10.8 Å². The zero-order valence-electron chi connectivity index (χ0n) is 21.2. The maximum Gasteiger partial charge on any atom is 1.00 e. The number of amidine groups is 1. The zero-order chi connectivity index (χ0) is 25.9. The molecule has 1 amide bonds. The van der Waals surface area contributed by atoms with E-state index in [4.69, 9.17) is 25.8 Å². The number of hydrogen-bond donors (Lipinski definition) is 5. The van der Waals surface area contributed by atoms with Crippen LogP contribution < -0.4 is 46.6 Å². The van der Waals surface area contributed by atoms with Crippen molar-refractivity contribution >= 4 is 24.1 Å². The van der Waals surface area contributed by atoms with Gasteiger partial charge < -0.3 is 20.0 Å². The molecule has 5 rings (SSSR count). The number of H-pyrrole nitrogens is 1. The van der Waals surface area contributed by atoms with Crippen molar-refractivity contribution in [3.05, 3.63) is 72.4 Å². The van der Waals surface area contributed by atoms with Crippen molar-refractivity contribution in [1.82, 2.24) is 41.0 Å². The number of aryl methyl sites for hydroxylation is 1. The van der Waals surface area contributed by atoms with Gasteiger partial charge in [0.25, 0.3) is 5.89 Å². The molecule has 0 fully saturated rings. The molecule has 3 aromatic heterocycles. The number of nitrogens with one attached hydrogen (secondary N) is 3. The number of aromatic nitrogens is 7. The van der Waals surface area contributed by atoms with Gasteiger partial charge in [0.2, 0.25) is 17.6 Å². The zero-order valence-corrected chi connectivity index (χ0v) is 24.0. The maximum absolute atomic E-state index is 11.0. The standard InChI is InChI=1S/C11H9N5O.C9H8N4O2.C2H6N2.ClH.Na.H2O/c1-7-12-9(14-13-7)11-16-15-10(17-11)8-5-3-2-4-6-8;10-11-7(14)9-13-12-8(15-9)6-4-2-1-3-5-6;1-2(3)4;;;/h2-6H,1H3,(H,12,13,14);1-5H,10H2,(H,11,14);1H3,(H3,3,4);1H;;1H2/q;;;;+1;/p-1. The van der Waals surface area contributed by atoms with Crippen LogP contribution in [0.2, 0.25) is 0 Å². The largest absolute Gasteiger partial charge is 1.00 e. The van der Waals surface area contributed by atoms with Crippen LogP contribution in [0.4, 0.5) is 0 Å². The van der Waals surface area contributed by atoms with Crippen molar-refractivity contribution in [2.75, 3.05) is 0 Å². The van der Waals surface area contributed by atoms with E-state index < -0.39 is 5.91 Å². The van der Waals surface area contributed by atoms with Crippen LogP contribution in [0.25, 0.3) is 34.6 Å². The SMILES string of the molecule is CC(=N)N.Cc1nc(-c2nnc(-c3ccccc3)o2)n[nH]1.Cl.NNC(=O)c1nnc(-c2ccccc2)o1.[Na+].[OH-]. The van der Waals surface area contributed by atoms with Crippen LogP contribution in [0.15, 0.2) is 69.5 Å². The third-order valence-electron chi connectivity index (χ3n) is 4.01. The molecule has 2 aromatic carbocycles. The van der Waals surface area contributed by atoms with Gasteiger partial charge in [-0.15, -0.1) is 37.9 Å². The Labute approximate surface area is 250 Å². The number of carbonyl (C=O) groups is 1. The van der Waals surface area contributed by atoms with Gasteiger partial charge in [0.15, 0.2) is 0 Å². The molecule has 0 aliphatic carbocycles. The number of hydrogen-bond acceptors (Lipinski definition) is 12. The van der Waals surface area contributed by atoms with E-state index in [1.54, 1.807) is 12.1 Å². The summed E-state index contributed by atoms with van der Waals surface area (Å²) in [5.74, 6) is 6.51. The molecule has 8 N–H and O–H groups in total. The Balaban J connectivity index is 0.000000614. The van der Waals surface area contributed by atoms with E-state index in [1.165, 1.54) is 6.92 Å². The molecule has 0 aliphatic rings. The predicted octanol–water partition coefficient (Wildman–Crippen LogP) is -0.639. The van der Waals surface area contributed by atoms with Crippen molar-refractivity contribution in [3.63, 3.8) is 0 Å². The van der Waals surface area contributed by atoms with Gasteiger partial charge in [0.05, 0.1) is 5.84 Å². The van der Waals surface area contributed by atoms with Crippen molar-refractivity contribution in [2.24, 2.45) is 11.6 Å². The number of carbonyl (C=O) groups excluding carboxylic acids is 1. The summed E-state index contributed by atoms with van der Waals surface area (Å²) in [6, 6.07) is 18.7. The average molecular weight is 566 g/mol. The minimum Gasteiger partial charge on any atom is -0.870 e. The molecule has 0 saturated heterocycles. The number of nitrogens with zero attached hydrogens (tertiary/aromatic N) is 6. The van der Waals surface area contributed by atoms with E-state index in [-0.39, 0.29) is 65.1 Å². The van der Waals surface area contributed by atoms with E-state index >= 15 is 0 Å². The summed E-state index contributed by atoms with van der Waals surface area (Å²) in [4.78, 5) is 15.2. The number of amides is 1. The van der Waals surface area contributed by atoms with Gasteiger partial charge in [-0.1, -0.05) is 36.4 Å². The predicted molar refractivity (Wildman–Crippen MR) is 138 cm³/mol. The summed E-state index contributed by atoms with van der Waals surface area (Å²) in [6.45, 7) is 3.34. The van der Waals surface area contributed by atoms with E-state index in [0.29, 0.717) is 23.4 Å². The fourth-order valence-electron chi connectivity index (χ4n) is 2.52. The Bertz CT molecular complexity index is 1410. The van der Waals surface area contributed by atoms with Gasteiger partial charge >= 0.3 is 41.4 Å². The third-order valence-corrected chi connectivity index (χ3v) is 4.01. The first-order valence-electron chi connectivity index (χ1n) is 10.4. The molecule has 0 aliphatic heterocycles. The summed E-state index contributed by atoms with van der Waals surface area (Å²) in [6.07, 6.45) is 0. The fraction of sp³-hybridized carbons (Fsp3) is 0.0909. The molecule has 0 radical (unpaired) electrons. The topological polar surface area (TPSA) is 254 Å². The molecule has 15 nitrogen and oxygen atoms in total. The maximum atomic E-state index is 11.0. The van der Waals surface area contributed by atoms with Crippen LogP contribution in [-0.2, 0) is 0 Å². The number of benzene rings is 2. The van der Waals surface area contributed by atoms with Gasteiger partial charge in [0, 0.05) is 11.1 Å². The minimum atomic E-state index is -0.607. The number of hydrazine groups is 1. The summed E-state index contributed by atoms with van der Waals surface area (Å²) in [7, 11) is 0. The Morgan fingerprint density at radius 2 is 1.36 bits per heavy atom. The fourth-order valence-corrected chi connectivity index (χ4v) is 2.52. The molecule has 0 bridgehead atoms. The van der Waals surface area contributed by atoms with E-state index in [2.05, 4.69) is 35.6 Å². The first-order valence-corrected chi connectivity index (χ1v) is 10.4. The Morgan fingerprint density at radius 3 is 1.82 bits per heavy atom. The summed E-state index contributed by atoms with van der Waals surface area (Å²) in [5, 5.41) is 28.1. The second-order valence-electron chi connectivity index (χ2n) is 6.96. The van der Waals surface area contributed by atoms with Gasteiger partial charge in [-0.3, -0.25) is 20.7 Å². The Morgan fingerprint density at radius 1 is 0.897 bits per heavy atom. The van der Waals surface area contributed by atoms with Crippen molar-refractivity contribution in [2.45, 2.75) is 13.8 Å². The smallest absolute Gasteiger partial charge is 0.870 e. The second-order valence-corrected chi connectivity index (χ2v) is 6.96. The van der Waals surface area contributed by atoms with Crippen LogP contribution in [0.5, 0.6) is 0 Å². The first-order chi connectivity index (χ1) is 17.4. The van der Waals surface area contributed by atoms with E-state index in [1.807, 2.05) is 60.9 Å². The monoisotopic (exact) mass is 565 g/mol. The number of nitrogens with two attached hydrogens (primary N) is 2. The Kier molecular flexibility index (Phi) is 15.7. The van der Waals surface area contributed by atoms with Gasteiger partial charge in [-0.05, 0) is 38.1 Å². The van der Waals surface area contributed by atoms with Crippen molar-refractivity contribution in [1.29, 1.82) is 5.41 Å². The molecule has 3 heterocycles. The van der Waals surface area contributed by atoms with Gasteiger partial charge in [0.1, 0.15) is 5.82 Å².